The van der Waals surface area contributed by atoms with Crippen molar-refractivity contribution in [1.29, 1.82) is 0 Å². The van der Waals surface area contributed by atoms with Gasteiger partial charge in [0.05, 0.1) is 13.0 Å². The molecule has 0 N–H and O–H groups in total. The molecule has 1 aliphatic rings. The van der Waals surface area contributed by atoms with Gasteiger partial charge in [-0.2, -0.15) is 0 Å². The number of nitrogens with zero attached hydrogens (tertiary/aromatic N) is 2. The van der Waals surface area contributed by atoms with E-state index >= 15 is 0 Å². The smallest absolute Gasteiger partial charge is 0.308 e. The summed E-state index contributed by atoms with van der Waals surface area (Å²) in [5.74, 6) is -0.162. The number of methoxy groups -OCH3 is 1. The van der Waals surface area contributed by atoms with Crippen LogP contribution in [-0.4, -0.2) is 41.5 Å². The summed E-state index contributed by atoms with van der Waals surface area (Å²) in [5.41, 5.74) is 0.739. The number of hydrogen-bond donors (Lipinski definition) is 0. The number of carbonyl (C=O) groups excluding carboxylic acids is 2. The van der Waals surface area contributed by atoms with Gasteiger partial charge in [0.15, 0.2) is 0 Å². The van der Waals surface area contributed by atoms with Crippen LogP contribution < -0.4 is 0 Å². The fourth-order valence-electron chi connectivity index (χ4n) is 2.69. The zero-order valence-electron chi connectivity index (χ0n) is 12.2. The van der Waals surface area contributed by atoms with E-state index in [-0.39, 0.29) is 17.8 Å². The minimum atomic E-state index is -0.161. The van der Waals surface area contributed by atoms with Crippen LogP contribution in [0, 0.1) is 5.92 Å². The molecular weight excluding hydrogens is 256 g/mol. The second-order valence-electron chi connectivity index (χ2n) is 5.18. The normalized spacial score (nSPS) is 16.2. The third-order valence-corrected chi connectivity index (χ3v) is 3.83. The van der Waals surface area contributed by atoms with Crippen molar-refractivity contribution in [2.75, 3.05) is 20.2 Å². The average molecular weight is 278 g/mol. The summed E-state index contributed by atoms with van der Waals surface area (Å²) in [4.78, 5) is 25.8. The van der Waals surface area contributed by atoms with Gasteiger partial charge < -0.3 is 14.2 Å². The molecule has 1 fully saturated rings. The number of aryl methyl sites for hydroxylation is 1. The summed E-state index contributed by atoms with van der Waals surface area (Å²) in [6, 6.07) is 3.77. The highest BCUT2D eigenvalue weighted by Gasteiger charge is 2.29. The van der Waals surface area contributed by atoms with Gasteiger partial charge in [0, 0.05) is 25.8 Å². The first-order valence-corrected chi connectivity index (χ1v) is 7.19. The summed E-state index contributed by atoms with van der Waals surface area (Å²) in [6.07, 6.45) is 4.32. The first kappa shape index (κ1) is 14.6. The first-order chi connectivity index (χ1) is 9.67. The Morgan fingerprint density at radius 1 is 1.35 bits per heavy atom. The van der Waals surface area contributed by atoms with Crippen LogP contribution >= 0.6 is 0 Å². The molecule has 0 saturated carbocycles. The molecule has 0 aliphatic carbocycles. The van der Waals surface area contributed by atoms with Crippen molar-refractivity contribution in [2.45, 2.75) is 32.7 Å². The highest BCUT2D eigenvalue weighted by Crippen LogP contribution is 2.20. The maximum Gasteiger partial charge on any atom is 0.308 e. The van der Waals surface area contributed by atoms with E-state index in [1.807, 2.05) is 27.8 Å². The lowest BCUT2D eigenvalue weighted by Gasteiger charge is -2.30. The average Bonchev–Trinajstić information content (AvgIpc) is 2.94. The molecule has 0 bridgehead atoms. The van der Waals surface area contributed by atoms with Crippen LogP contribution in [0.4, 0.5) is 0 Å². The molecule has 1 saturated heterocycles. The fourth-order valence-corrected chi connectivity index (χ4v) is 2.69. The van der Waals surface area contributed by atoms with Gasteiger partial charge in [0.25, 0.3) is 5.91 Å². The van der Waals surface area contributed by atoms with Gasteiger partial charge in [0.1, 0.15) is 5.69 Å². The van der Waals surface area contributed by atoms with Crippen molar-refractivity contribution in [3.63, 3.8) is 0 Å². The van der Waals surface area contributed by atoms with Crippen molar-refractivity contribution in [3.05, 3.63) is 24.0 Å². The van der Waals surface area contributed by atoms with E-state index < -0.39 is 0 Å². The van der Waals surface area contributed by atoms with Crippen molar-refractivity contribution >= 4 is 11.9 Å². The summed E-state index contributed by atoms with van der Waals surface area (Å²) < 4.78 is 6.76. The Morgan fingerprint density at radius 2 is 2.05 bits per heavy atom. The molecule has 110 valence electrons. The number of piperidine rings is 1. The first-order valence-electron chi connectivity index (χ1n) is 7.19. The number of aromatic nitrogens is 1. The number of esters is 1. The van der Waals surface area contributed by atoms with Crippen molar-refractivity contribution < 1.29 is 14.3 Å². The molecule has 0 spiro atoms. The van der Waals surface area contributed by atoms with Crippen LogP contribution in [0.25, 0.3) is 0 Å². The minimum absolute atomic E-state index is 0.0618. The van der Waals surface area contributed by atoms with Crippen LogP contribution in [0.2, 0.25) is 0 Å². The number of carbonyl (C=O) groups is 2. The van der Waals surface area contributed by atoms with Crippen LogP contribution in [0.1, 0.15) is 36.7 Å². The monoisotopic (exact) mass is 278 g/mol. The Bertz CT molecular complexity index is 473. The Morgan fingerprint density at radius 3 is 2.65 bits per heavy atom. The number of amides is 1. The maximum absolute atomic E-state index is 12.5. The molecule has 0 atom stereocenters. The van der Waals surface area contributed by atoms with Crippen LogP contribution in [0.15, 0.2) is 18.3 Å². The number of ether oxygens (including phenoxy) is 1. The summed E-state index contributed by atoms with van der Waals surface area (Å²) in [6.45, 7) is 4.19. The lowest BCUT2D eigenvalue weighted by Crippen LogP contribution is -2.41. The van der Waals surface area contributed by atoms with Gasteiger partial charge in [-0.1, -0.05) is 6.92 Å². The van der Waals surface area contributed by atoms with E-state index in [4.69, 9.17) is 4.74 Å². The van der Waals surface area contributed by atoms with E-state index in [1.165, 1.54) is 7.11 Å². The molecule has 5 nitrogen and oxygen atoms in total. The number of likely N-dealkylation sites (tertiary alicyclic amines) is 1. The minimum Gasteiger partial charge on any atom is -0.469 e. The van der Waals surface area contributed by atoms with Crippen molar-refractivity contribution in [3.8, 4) is 0 Å². The van der Waals surface area contributed by atoms with Crippen molar-refractivity contribution in [1.82, 2.24) is 9.47 Å². The Labute approximate surface area is 119 Å². The van der Waals surface area contributed by atoms with E-state index in [0.717, 1.165) is 18.7 Å². The van der Waals surface area contributed by atoms with E-state index in [2.05, 4.69) is 6.92 Å². The molecule has 2 rings (SSSR count). The van der Waals surface area contributed by atoms with Gasteiger partial charge in [-0.15, -0.1) is 0 Å². The summed E-state index contributed by atoms with van der Waals surface area (Å²) in [5, 5.41) is 0. The van der Waals surface area contributed by atoms with Gasteiger partial charge in [-0.3, -0.25) is 9.59 Å². The topological polar surface area (TPSA) is 51.5 Å². The quantitative estimate of drug-likeness (QED) is 0.791. The van der Waals surface area contributed by atoms with E-state index in [1.54, 1.807) is 0 Å². The molecule has 1 amide bonds. The molecule has 1 aromatic heterocycles. The Hall–Kier alpha value is -1.78. The van der Waals surface area contributed by atoms with Gasteiger partial charge in [-0.25, -0.2) is 0 Å². The van der Waals surface area contributed by atoms with E-state index in [0.29, 0.717) is 25.9 Å². The zero-order valence-corrected chi connectivity index (χ0v) is 12.2. The molecule has 20 heavy (non-hydrogen) atoms. The predicted octanol–water partition coefficient (Wildman–Crippen LogP) is 1.92. The third-order valence-electron chi connectivity index (χ3n) is 3.83. The third kappa shape index (κ3) is 3.03. The van der Waals surface area contributed by atoms with Crippen LogP contribution in [0.5, 0.6) is 0 Å². The second-order valence-corrected chi connectivity index (χ2v) is 5.18. The standard InChI is InChI=1S/C15H22N2O3/c1-3-8-16-9-4-5-13(16)14(18)17-10-6-12(7-11-17)15(19)20-2/h4-5,9,12H,3,6-8,10-11H2,1-2H3. The van der Waals surface area contributed by atoms with Gasteiger partial charge >= 0.3 is 5.97 Å². The molecular formula is C15H22N2O3. The van der Waals surface area contributed by atoms with Crippen LogP contribution in [-0.2, 0) is 16.1 Å². The summed E-state index contributed by atoms with van der Waals surface area (Å²) in [7, 11) is 1.41. The molecule has 5 heteroatoms. The van der Waals surface area contributed by atoms with Crippen LogP contribution in [0.3, 0.4) is 0 Å². The molecule has 2 heterocycles. The van der Waals surface area contributed by atoms with Gasteiger partial charge in [-0.05, 0) is 31.4 Å². The van der Waals surface area contributed by atoms with E-state index in [9.17, 15) is 9.59 Å². The predicted molar refractivity (Wildman–Crippen MR) is 75.4 cm³/mol. The lowest BCUT2D eigenvalue weighted by molar-refractivity contribution is -0.146. The SMILES string of the molecule is CCCn1cccc1C(=O)N1CCC(C(=O)OC)CC1. The second kappa shape index (κ2) is 6.59. The highest BCUT2D eigenvalue weighted by molar-refractivity contribution is 5.93. The Kier molecular flexibility index (Phi) is 4.82. The molecule has 1 aliphatic heterocycles. The fraction of sp³-hybridized carbons (Fsp3) is 0.600. The largest absolute Gasteiger partial charge is 0.469 e. The Balaban J connectivity index is 1.98. The molecule has 0 radical (unpaired) electrons. The lowest BCUT2D eigenvalue weighted by atomic mass is 9.97. The van der Waals surface area contributed by atoms with Gasteiger partial charge in [0.2, 0.25) is 0 Å². The number of hydrogen-bond acceptors (Lipinski definition) is 3. The molecule has 0 aromatic carbocycles. The highest BCUT2D eigenvalue weighted by atomic mass is 16.5. The maximum atomic E-state index is 12.5. The molecule has 1 aromatic rings. The summed E-state index contributed by atoms with van der Waals surface area (Å²) >= 11 is 0. The molecule has 0 unspecified atom stereocenters. The number of rotatable bonds is 4. The van der Waals surface area contributed by atoms with Crippen molar-refractivity contribution in [2.24, 2.45) is 5.92 Å². The zero-order chi connectivity index (χ0) is 14.5.